The van der Waals surface area contributed by atoms with Crippen LogP contribution < -0.4 is 5.73 Å². The van der Waals surface area contributed by atoms with Gasteiger partial charge in [-0.25, -0.2) is 0 Å². The molecule has 0 amide bonds. The maximum Gasteiger partial charge on any atom is 0.0226 e. The van der Waals surface area contributed by atoms with E-state index >= 15 is 0 Å². The highest BCUT2D eigenvalue weighted by Gasteiger charge is 2.27. The number of hydrogen-bond donors (Lipinski definition) is 1. The van der Waals surface area contributed by atoms with Crippen molar-refractivity contribution in [3.05, 3.63) is 0 Å². The van der Waals surface area contributed by atoms with E-state index in [1.807, 2.05) is 0 Å². The molecule has 0 atom stereocenters. The molecule has 1 aliphatic rings. The number of nitrogens with two attached hydrogens (primary N) is 1. The Bertz CT molecular complexity index is 154. The fraction of sp³-hybridized carbons (Fsp3) is 1.00. The van der Waals surface area contributed by atoms with E-state index in [4.69, 9.17) is 5.73 Å². The van der Waals surface area contributed by atoms with Crippen LogP contribution in [0.1, 0.15) is 40.5 Å². The summed E-state index contributed by atoms with van der Waals surface area (Å²) in [6.07, 6.45) is 2.85. The van der Waals surface area contributed by atoms with Crippen molar-refractivity contribution < 1.29 is 0 Å². The van der Waals surface area contributed by atoms with E-state index < -0.39 is 0 Å². The third kappa shape index (κ3) is 4.63. The van der Waals surface area contributed by atoms with E-state index in [1.165, 1.54) is 19.4 Å². The second-order valence-corrected chi connectivity index (χ2v) is 5.46. The minimum atomic E-state index is -0.0564. The fourth-order valence-electron chi connectivity index (χ4n) is 1.61. The number of rotatable bonds is 5. The Hall–Kier alpha value is -0.0800. The van der Waals surface area contributed by atoms with Crippen molar-refractivity contribution in [3.8, 4) is 0 Å². The third-order valence-electron chi connectivity index (χ3n) is 2.53. The second-order valence-electron chi connectivity index (χ2n) is 5.46. The monoisotopic (exact) mass is 184 g/mol. The van der Waals surface area contributed by atoms with Crippen LogP contribution >= 0.6 is 0 Å². The van der Waals surface area contributed by atoms with Gasteiger partial charge in [-0.1, -0.05) is 0 Å². The molecule has 0 aromatic heterocycles. The van der Waals surface area contributed by atoms with E-state index in [-0.39, 0.29) is 5.54 Å². The van der Waals surface area contributed by atoms with Gasteiger partial charge in [0.2, 0.25) is 0 Å². The first kappa shape index (κ1) is 11.0. The highest BCUT2D eigenvalue weighted by atomic mass is 15.2. The van der Waals surface area contributed by atoms with Gasteiger partial charge in [0, 0.05) is 24.7 Å². The zero-order valence-corrected chi connectivity index (χ0v) is 9.51. The molecule has 2 nitrogen and oxygen atoms in total. The Morgan fingerprint density at radius 3 is 2.23 bits per heavy atom. The number of nitrogens with zero attached hydrogens (tertiary/aromatic N) is 1. The summed E-state index contributed by atoms with van der Waals surface area (Å²) in [5.41, 5.74) is 5.97. The van der Waals surface area contributed by atoms with Crippen molar-refractivity contribution in [3.63, 3.8) is 0 Å². The van der Waals surface area contributed by atoms with Crippen LogP contribution in [0, 0.1) is 5.92 Å². The first-order valence-electron chi connectivity index (χ1n) is 5.41. The molecule has 1 aliphatic carbocycles. The molecule has 0 unspecified atom stereocenters. The van der Waals surface area contributed by atoms with Crippen LogP contribution in [0.4, 0.5) is 0 Å². The van der Waals surface area contributed by atoms with Crippen molar-refractivity contribution >= 4 is 0 Å². The van der Waals surface area contributed by atoms with E-state index in [9.17, 15) is 0 Å². The Morgan fingerprint density at radius 1 is 1.38 bits per heavy atom. The zero-order chi connectivity index (χ0) is 10.1. The summed E-state index contributed by atoms with van der Waals surface area (Å²) in [5, 5.41) is 0. The standard InChI is InChI=1S/C11H24N2/c1-9(2)13(7-10-5-6-10)8-11(3,4)12/h9-10H,5-8,12H2,1-4H3. The van der Waals surface area contributed by atoms with Gasteiger partial charge < -0.3 is 5.73 Å². The lowest BCUT2D eigenvalue weighted by molar-refractivity contribution is 0.176. The summed E-state index contributed by atoms with van der Waals surface area (Å²) >= 11 is 0. The second kappa shape index (κ2) is 3.97. The molecule has 78 valence electrons. The predicted molar refractivity (Wildman–Crippen MR) is 57.7 cm³/mol. The van der Waals surface area contributed by atoms with Gasteiger partial charge in [-0.05, 0) is 46.5 Å². The Kier molecular flexibility index (Phi) is 3.36. The molecule has 0 heterocycles. The Balaban J connectivity index is 2.36. The Morgan fingerprint density at radius 2 is 1.92 bits per heavy atom. The van der Waals surface area contributed by atoms with Crippen LogP contribution in [0.5, 0.6) is 0 Å². The van der Waals surface area contributed by atoms with Crippen molar-refractivity contribution in [1.29, 1.82) is 0 Å². The molecular formula is C11H24N2. The summed E-state index contributed by atoms with van der Waals surface area (Å²) in [6.45, 7) is 11.0. The lowest BCUT2D eigenvalue weighted by Crippen LogP contribution is -2.48. The van der Waals surface area contributed by atoms with Gasteiger partial charge in [-0.15, -0.1) is 0 Å². The van der Waals surface area contributed by atoms with Crippen LogP contribution in [0.2, 0.25) is 0 Å². The van der Waals surface area contributed by atoms with Crippen LogP contribution in [-0.4, -0.2) is 29.6 Å². The van der Waals surface area contributed by atoms with Crippen molar-refractivity contribution in [2.75, 3.05) is 13.1 Å². The predicted octanol–water partition coefficient (Wildman–Crippen LogP) is 1.84. The van der Waals surface area contributed by atoms with Crippen molar-refractivity contribution in [2.45, 2.75) is 52.1 Å². The zero-order valence-electron chi connectivity index (χ0n) is 9.51. The van der Waals surface area contributed by atoms with Crippen LogP contribution in [0.25, 0.3) is 0 Å². The van der Waals surface area contributed by atoms with Crippen molar-refractivity contribution in [2.24, 2.45) is 11.7 Å². The van der Waals surface area contributed by atoms with Gasteiger partial charge in [-0.3, -0.25) is 4.90 Å². The van der Waals surface area contributed by atoms with E-state index in [1.54, 1.807) is 0 Å². The lowest BCUT2D eigenvalue weighted by Gasteiger charge is -2.32. The van der Waals surface area contributed by atoms with Crippen LogP contribution in [-0.2, 0) is 0 Å². The van der Waals surface area contributed by atoms with Crippen LogP contribution in [0.15, 0.2) is 0 Å². The molecule has 1 rings (SSSR count). The van der Waals surface area contributed by atoms with Gasteiger partial charge in [-0.2, -0.15) is 0 Å². The molecule has 13 heavy (non-hydrogen) atoms. The van der Waals surface area contributed by atoms with Gasteiger partial charge in [0.15, 0.2) is 0 Å². The molecule has 0 aliphatic heterocycles. The van der Waals surface area contributed by atoms with E-state index in [0.29, 0.717) is 6.04 Å². The first-order valence-corrected chi connectivity index (χ1v) is 5.41. The average molecular weight is 184 g/mol. The van der Waals surface area contributed by atoms with Gasteiger partial charge in [0.05, 0.1) is 0 Å². The Labute approximate surface area is 82.5 Å². The normalized spacial score (nSPS) is 18.7. The highest BCUT2D eigenvalue weighted by molar-refractivity contribution is 4.84. The van der Waals surface area contributed by atoms with Crippen LogP contribution in [0.3, 0.4) is 0 Å². The highest BCUT2D eigenvalue weighted by Crippen LogP contribution is 2.30. The van der Waals surface area contributed by atoms with E-state index in [2.05, 4.69) is 32.6 Å². The lowest BCUT2D eigenvalue weighted by atomic mass is 10.1. The quantitative estimate of drug-likeness (QED) is 0.706. The number of hydrogen-bond acceptors (Lipinski definition) is 2. The minimum absolute atomic E-state index is 0.0564. The van der Waals surface area contributed by atoms with E-state index in [0.717, 1.165) is 12.5 Å². The van der Waals surface area contributed by atoms with Crippen molar-refractivity contribution in [1.82, 2.24) is 4.90 Å². The summed E-state index contributed by atoms with van der Waals surface area (Å²) in [6, 6.07) is 0.628. The molecular weight excluding hydrogens is 160 g/mol. The third-order valence-corrected chi connectivity index (χ3v) is 2.53. The molecule has 0 saturated heterocycles. The molecule has 0 aromatic rings. The molecule has 0 spiro atoms. The van der Waals surface area contributed by atoms with Gasteiger partial charge in [0.25, 0.3) is 0 Å². The maximum absolute atomic E-state index is 6.03. The summed E-state index contributed by atoms with van der Waals surface area (Å²) in [4.78, 5) is 2.51. The van der Waals surface area contributed by atoms with Gasteiger partial charge in [0.1, 0.15) is 0 Å². The molecule has 2 heteroatoms. The molecule has 0 radical (unpaired) electrons. The molecule has 1 fully saturated rings. The SMILES string of the molecule is CC(C)N(CC1CC1)CC(C)(C)N. The maximum atomic E-state index is 6.03. The molecule has 1 saturated carbocycles. The largest absolute Gasteiger partial charge is 0.324 e. The first-order chi connectivity index (χ1) is 5.88. The minimum Gasteiger partial charge on any atom is -0.324 e. The molecule has 0 bridgehead atoms. The van der Waals surface area contributed by atoms with Gasteiger partial charge >= 0.3 is 0 Å². The topological polar surface area (TPSA) is 29.3 Å². The average Bonchev–Trinajstić information content (AvgIpc) is 2.66. The smallest absolute Gasteiger partial charge is 0.0226 e. The summed E-state index contributed by atoms with van der Waals surface area (Å²) in [5.74, 6) is 0.963. The summed E-state index contributed by atoms with van der Waals surface area (Å²) in [7, 11) is 0. The molecule has 0 aromatic carbocycles. The summed E-state index contributed by atoms with van der Waals surface area (Å²) < 4.78 is 0. The molecule has 2 N–H and O–H groups in total. The fourth-order valence-corrected chi connectivity index (χ4v) is 1.61.